The van der Waals surface area contributed by atoms with Crippen LogP contribution in [0.4, 0.5) is 8.78 Å². The molecule has 0 radical (unpaired) electrons. The minimum absolute atomic E-state index is 0.300. The molecule has 2 heterocycles. The van der Waals surface area contributed by atoms with E-state index in [9.17, 15) is 8.78 Å². The molecular weight excluding hydrogens is 236 g/mol. The first-order valence-electron chi connectivity index (χ1n) is 5.78. The van der Waals surface area contributed by atoms with Crippen molar-refractivity contribution < 1.29 is 8.78 Å². The Morgan fingerprint density at radius 2 is 1.89 bits per heavy atom. The Morgan fingerprint density at radius 3 is 2.44 bits per heavy atom. The number of aromatic nitrogens is 3. The van der Waals surface area contributed by atoms with Crippen molar-refractivity contribution in [2.45, 2.75) is 33.2 Å². The predicted octanol–water partition coefficient (Wildman–Crippen LogP) is 3.77. The van der Waals surface area contributed by atoms with Crippen molar-refractivity contribution in [1.29, 1.82) is 0 Å². The maximum atomic E-state index is 12.5. The third kappa shape index (κ3) is 2.55. The molecule has 2 aromatic rings. The number of alkyl halides is 2. The normalized spacial score (nSPS) is 11.5. The molecule has 0 unspecified atom stereocenters. The highest BCUT2D eigenvalue weighted by Crippen LogP contribution is 2.24. The third-order valence-electron chi connectivity index (χ3n) is 2.70. The van der Waals surface area contributed by atoms with Crippen molar-refractivity contribution in [1.82, 2.24) is 14.8 Å². The second-order valence-electron chi connectivity index (χ2n) is 4.56. The Balaban J connectivity index is 2.43. The van der Waals surface area contributed by atoms with Gasteiger partial charge >= 0.3 is 6.55 Å². The van der Waals surface area contributed by atoms with Gasteiger partial charge in [0.05, 0.1) is 6.20 Å². The van der Waals surface area contributed by atoms with Crippen molar-refractivity contribution in [3.05, 3.63) is 35.9 Å². The number of hydrogen-bond acceptors (Lipinski definition) is 2. The van der Waals surface area contributed by atoms with Gasteiger partial charge in [-0.15, -0.1) is 0 Å². The van der Waals surface area contributed by atoms with Crippen LogP contribution in [-0.4, -0.2) is 14.8 Å². The molecule has 0 N–H and O–H groups in total. The van der Waals surface area contributed by atoms with Crippen molar-refractivity contribution in [2.75, 3.05) is 0 Å². The van der Waals surface area contributed by atoms with E-state index < -0.39 is 6.55 Å². The van der Waals surface area contributed by atoms with Gasteiger partial charge in [-0.3, -0.25) is 4.98 Å². The van der Waals surface area contributed by atoms with E-state index in [0.29, 0.717) is 16.2 Å². The van der Waals surface area contributed by atoms with Gasteiger partial charge in [-0.1, -0.05) is 13.8 Å². The van der Waals surface area contributed by atoms with Crippen LogP contribution in [-0.2, 0) is 0 Å². The molecule has 0 aliphatic heterocycles. The summed E-state index contributed by atoms with van der Waals surface area (Å²) in [5.41, 5.74) is 3.39. The van der Waals surface area contributed by atoms with Crippen LogP contribution in [0.25, 0.3) is 11.1 Å². The highest BCUT2D eigenvalue weighted by atomic mass is 19.3. The summed E-state index contributed by atoms with van der Waals surface area (Å²) < 4.78 is 25.6. The van der Waals surface area contributed by atoms with Crippen LogP contribution in [0.1, 0.15) is 37.7 Å². The minimum Gasteiger partial charge on any atom is -0.258 e. The van der Waals surface area contributed by atoms with E-state index in [1.807, 2.05) is 32.9 Å². The van der Waals surface area contributed by atoms with Crippen LogP contribution in [0, 0.1) is 6.92 Å². The van der Waals surface area contributed by atoms with Gasteiger partial charge < -0.3 is 0 Å². The second kappa shape index (κ2) is 4.84. The van der Waals surface area contributed by atoms with Gasteiger partial charge in [0, 0.05) is 23.1 Å². The lowest BCUT2D eigenvalue weighted by atomic mass is 10.0. The summed E-state index contributed by atoms with van der Waals surface area (Å²) in [6.45, 7) is 3.39. The largest absolute Gasteiger partial charge is 0.333 e. The van der Waals surface area contributed by atoms with Gasteiger partial charge in [0.1, 0.15) is 0 Å². The highest BCUT2D eigenvalue weighted by molar-refractivity contribution is 5.62. The number of hydrogen-bond donors (Lipinski definition) is 0. The molecule has 0 amide bonds. The molecule has 0 bridgehead atoms. The number of pyridine rings is 1. The summed E-state index contributed by atoms with van der Waals surface area (Å²) in [4.78, 5) is 4.43. The van der Waals surface area contributed by atoms with Crippen molar-refractivity contribution >= 4 is 0 Å². The Kier molecular flexibility index (Phi) is 3.41. The summed E-state index contributed by atoms with van der Waals surface area (Å²) in [7, 11) is 0. The van der Waals surface area contributed by atoms with Gasteiger partial charge in [0.25, 0.3) is 0 Å². The van der Waals surface area contributed by atoms with Gasteiger partial charge in [-0.2, -0.15) is 13.9 Å². The maximum Gasteiger partial charge on any atom is 0.333 e. The first-order valence-corrected chi connectivity index (χ1v) is 5.78. The van der Waals surface area contributed by atoms with Gasteiger partial charge in [-0.25, -0.2) is 4.68 Å². The number of aryl methyl sites for hydroxylation is 1. The zero-order chi connectivity index (χ0) is 13.3. The molecule has 0 aliphatic carbocycles. The van der Waals surface area contributed by atoms with E-state index in [1.165, 1.54) is 12.4 Å². The topological polar surface area (TPSA) is 30.7 Å². The summed E-state index contributed by atoms with van der Waals surface area (Å²) in [5, 5.41) is 3.64. The molecule has 2 rings (SSSR count). The lowest BCUT2D eigenvalue weighted by Crippen LogP contribution is -1.97. The Bertz CT molecular complexity index is 547. The Morgan fingerprint density at radius 1 is 1.17 bits per heavy atom. The summed E-state index contributed by atoms with van der Waals surface area (Å²) in [5.74, 6) is 0.300. The maximum absolute atomic E-state index is 12.5. The van der Waals surface area contributed by atoms with E-state index in [0.717, 1.165) is 17.0 Å². The molecule has 0 saturated carbocycles. The number of nitrogens with zero attached hydrogens (tertiary/aromatic N) is 3. The van der Waals surface area contributed by atoms with E-state index in [1.54, 1.807) is 0 Å². The quantitative estimate of drug-likeness (QED) is 0.831. The van der Waals surface area contributed by atoms with E-state index in [2.05, 4.69) is 10.1 Å². The average molecular weight is 251 g/mol. The SMILES string of the molecule is Cc1cc(-c2cnn(C(F)F)c2)cc(C(C)C)n1. The fraction of sp³-hybridized carbons (Fsp3) is 0.385. The van der Waals surface area contributed by atoms with Crippen molar-refractivity contribution in [3.8, 4) is 11.1 Å². The molecule has 3 nitrogen and oxygen atoms in total. The molecule has 0 aromatic carbocycles. The zero-order valence-electron chi connectivity index (χ0n) is 10.6. The molecule has 2 aromatic heterocycles. The van der Waals surface area contributed by atoms with E-state index in [4.69, 9.17) is 0 Å². The lowest BCUT2D eigenvalue weighted by molar-refractivity contribution is 0.0566. The molecule has 0 atom stereocenters. The molecule has 0 spiro atoms. The second-order valence-corrected chi connectivity index (χ2v) is 4.56. The molecule has 0 aliphatic rings. The fourth-order valence-electron chi connectivity index (χ4n) is 1.75. The van der Waals surface area contributed by atoms with Crippen LogP contribution < -0.4 is 0 Å². The van der Waals surface area contributed by atoms with E-state index in [-0.39, 0.29) is 0 Å². The van der Waals surface area contributed by atoms with Crippen LogP contribution in [0.15, 0.2) is 24.5 Å². The van der Waals surface area contributed by atoms with Crippen LogP contribution >= 0.6 is 0 Å². The smallest absolute Gasteiger partial charge is 0.258 e. The Hall–Kier alpha value is -1.78. The van der Waals surface area contributed by atoms with Crippen molar-refractivity contribution in [2.24, 2.45) is 0 Å². The van der Waals surface area contributed by atoms with Crippen LogP contribution in [0.3, 0.4) is 0 Å². The monoisotopic (exact) mass is 251 g/mol. The van der Waals surface area contributed by atoms with Gasteiger partial charge in [0.2, 0.25) is 0 Å². The molecular formula is C13H15F2N3. The third-order valence-corrected chi connectivity index (χ3v) is 2.70. The highest BCUT2D eigenvalue weighted by Gasteiger charge is 2.11. The predicted molar refractivity (Wildman–Crippen MR) is 65.5 cm³/mol. The fourth-order valence-corrected chi connectivity index (χ4v) is 1.75. The van der Waals surface area contributed by atoms with Crippen LogP contribution in [0.5, 0.6) is 0 Å². The first kappa shape index (κ1) is 12.7. The number of rotatable bonds is 3. The summed E-state index contributed by atoms with van der Waals surface area (Å²) >= 11 is 0. The van der Waals surface area contributed by atoms with E-state index >= 15 is 0 Å². The molecule has 0 saturated heterocycles. The minimum atomic E-state index is -2.61. The molecule has 18 heavy (non-hydrogen) atoms. The van der Waals surface area contributed by atoms with Crippen LogP contribution in [0.2, 0.25) is 0 Å². The van der Waals surface area contributed by atoms with Crippen molar-refractivity contribution in [3.63, 3.8) is 0 Å². The first-order chi connectivity index (χ1) is 8.47. The zero-order valence-corrected chi connectivity index (χ0v) is 10.6. The molecule has 5 heteroatoms. The van der Waals surface area contributed by atoms with Gasteiger partial charge in [-0.05, 0) is 30.5 Å². The summed E-state index contributed by atoms with van der Waals surface area (Å²) in [6.07, 6.45) is 2.80. The molecule has 96 valence electrons. The summed E-state index contributed by atoms with van der Waals surface area (Å²) in [6, 6.07) is 3.79. The number of halogens is 2. The standard InChI is InChI=1S/C13H15F2N3/c1-8(2)12-5-10(4-9(3)17-12)11-6-16-18(7-11)13(14)15/h4-8,13H,1-3H3. The average Bonchev–Trinajstić information content (AvgIpc) is 2.77. The lowest BCUT2D eigenvalue weighted by Gasteiger charge is -2.08. The Labute approximate surface area is 104 Å². The van der Waals surface area contributed by atoms with Gasteiger partial charge in [0.15, 0.2) is 0 Å². The molecule has 0 fully saturated rings.